The van der Waals surface area contributed by atoms with Gasteiger partial charge < -0.3 is 29.2 Å². The first-order valence-corrected chi connectivity index (χ1v) is 15.7. The molecule has 5 heterocycles. The number of benzene rings is 2. The lowest BCUT2D eigenvalue weighted by Gasteiger charge is -2.37. The Hall–Kier alpha value is -4.20. The summed E-state index contributed by atoms with van der Waals surface area (Å²) < 4.78 is 52.9. The Morgan fingerprint density at radius 2 is 1.91 bits per heavy atom. The Kier molecular flexibility index (Phi) is 6.56. The molecule has 3 N–H and O–H groups in total. The molecule has 0 saturated carbocycles. The zero-order chi connectivity index (χ0) is 30.0. The third-order valence-corrected chi connectivity index (χ3v) is 9.59. The first-order chi connectivity index (χ1) is 20.5. The lowest BCUT2D eigenvalue weighted by molar-refractivity contribution is -0.683. The largest absolute Gasteiger partial charge is 0.481 e. The maximum atomic E-state index is 12.4. The van der Waals surface area contributed by atoms with Crippen LogP contribution in [-0.2, 0) is 43.8 Å². The molecule has 0 aliphatic carbocycles. The van der Waals surface area contributed by atoms with Crippen LogP contribution in [0.4, 0.5) is 5.69 Å². The molecule has 13 heteroatoms. The highest BCUT2D eigenvalue weighted by atomic mass is 32.2. The fourth-order valence-corrected chi connectivity index (χ4v) is 6.47. The van der Waals surface area contributed by atoms with Crippen molar-refractivity contribution >= 4 is 44.4 Å². The molecule has 224 valence electrons. The summed E-state index contributed by atoms with van der Waals surface area (Å²) in [6.07, 6.45) is 3.34. The van der Waals surface area contributed by atoms with Gasteiger partial charge >= 0.3 is 11.9 Å². The van der Waals surface area contributed by atoms with Gasteiger partial charge in [-0.15, -0.1) is 0 Å². The number of aryl methyl sites for hydroxylation is 1. The molecular formula is C30H30N3O9S+. The zero-order valence-electron chi connectivity index (χ0n) is 23.3. The van der Waals surface area contributed by atoms with E-state index in [0.29, 0.717) is 40.8 Å². The maximum Gasteiger partial charge on any atom is 0.380 e. The van der Waals surface area contributed by atoms with E-state index in [1.54, 1.807) is 6.07 Å². The summed E-state index contributed by atoms with van der Waals surface area (Å²) in [5.74, 6) is 0.740. The molecule has 0 bridgehead atoms. The van der Waals surface area contributed by atoms with Gasteiger partial charge in [0, 0.05) is 31.1 Å². The molecule has 0 saturated heterocycles. The molecule has 0 fully saturated rings. The van der Waals surface area contributed by atoms with E-state index < -0.39 is 21.3 Å². The van der Waals surface area contributed by atoms with Crippen molar-refractivity contribution in [2.75, 3.05) is 18.0 Å². The van der Waals surface area contributed by atoms with Crippen molar-refractivity contribution in [3.8, 4) is 5.75 Å². The van der Waals surface area contributed by atoms with Gasteiger partial charge in [0.15, 0.2) is 12.3 Å². The number of hydrogen-bond donors (Lipinski definition) is 3. The minimum Gasteiger partial charge on any atom is -0.481 e. The number of aliphatic carboxylic acids is 1. The predicted molar refractivity (Wildman–Crippen MR) is 153 cm³/mol. The second-order valence-electron chi connectivity index (χ2n) is 11.3. The van der Waals surface area contributed by atoms with E-state index in [9.17, 15) is 23.1 Å². The average Bonchev–Trinajstić information content (AvgIpc) is 3.52. The summed E-state index contributed by atoms with van der Waals surface area (Å²) in [4.78, 5) is 25.8. The summed E-state index contributed by atoms with van der Waals surface area (Å²) in [5, 5.41) is 10.6. The zero-order valence-corrected chi connectivity index (χ0v) is 24.1. The van der Waals surface area contributed by atoms with Crippen molar-refractivity contribution in [1.82, 2.24) is 5.32 Å². The highest BCUT2D eigenvalue weighted by Crippen LogP contribution is 2.47. The van der Waals surface area contributed by atoms with Crippen LogP contribution in [0, 0.1) is 0 Å². The van der Waals surface area contributed by atoms with Gasteiger partial charge in [-0.1, -0.05) is 12.1 Å². The van der Waals surface area contributed by atoms with E-state index in [-0.39, 0.29) is 37.5 Å². The highest BCUT2D eigenvalue weighted by molar-refractivity contribution is 7.86. The topological polar surface area (TPSA) is 159 Å². The molecule has 4 aliphatic heterocycles. The highest BCUT2D eigenvalue weighted by Gasteiger charge is 2.45. The molecule has 7 rings (SSSR count). The number of carbonyl (C=O) groups excluding carboxylic acids is 1. The number of nitrogens with zero attached hydrogens (tertiary/aromatic N) is 2. The van der Waals surface area contributed by atoms with Crippen LogP contribution in [0.15, 0.2) is 58.3 Å². The van der Waals surface area contributed by atoms with Gasteiger partial charge in [-0.3, -0.25) is 14.1 Å². The number of carbonyl (C=O) groups is 2. The normalized spacial score (nSPS) is 21.2. The number of carboxylic acid groups (broad SMARTS) is 1. The number of anilines is 1. The molecule has 1 amide bonds. The van der Waals surface area contributed by atoms with Gasteiger partial charge in [0.05, 0.1) is 36.3 Å². The molecule has 3 aromatic rings. The third-order valence-electron chi connectivity index (χ3n) is 8.41. The average molecular weight is 609 g/mol. The summed E-state index contributed by atoms with van der Waals surface area (Å²) in [5.41, 5.74) is 5.61. The van der Waals surface area contributed by atoms with E-state index in [1.165, 1.54) is 6.92 Å². The van der Waals surface area contributed by atoms with Crippen molar-refractivity contribution < 1.29 is 46.1 Å². The quantitative estimate of drug-likeness (QED) is 0.268. The molecule has 3 unspecified atom stereocenters. The monoisotopic (exact) mass is 608 g/mol. The van der Waals surface area contributed by atoms with Crippen molar-refractivity contribution in [2.24, 2.45) is 0 Å². The van der Waals surface area contributed by atoms with Gasteiger partial charge in [-0.25, -0.2) is 0 Å². The van der Waals surface area contributed by atoms with Gasteiger partial charge in [0.2, 0.25) is 17.4 Å². The third kappa shape index (κ3) is 4.96. The number of oxazole rings is 1. The Morgan fingerprint density at radius 1 is 1.12 bits per heavy atom. The number of carboxylic acids is 1. The minimum atomic E-state index is -4.23. The van der Waals surface area contributed by atoms with Crippen LogP contribution in [0.2, 0.25) is 0 Å². The first kappa shape index (κ1) is 27.6. The van der Waals surface area contributed by atoms with Gasteiger partial charge in [-0.2, -0.15) is 13.0 Å². The molecule has 2 aromatic carbocycles. The molecule has 4 aliphatic rings. The van der Waals surface area contributed by atoms with Gasteiger partial charge in [0.1, 0.15) is 5.25 Å². The minimum absolute atomic E-state index is 0.0262. The van der Waals surface area contributed by atoms with Crippen LogP contribution < -0.4 is 19.5 Å². The number of rotatable bonds is 7. The molecule has 12 nitrogen and oxygen atoms in total. The Morgan fingerprint density at radius 3 is 2.70 bits per heavy atom. The van der Waals surface area contributed by atoms with Crippen LogP contribution >= 0.6 is 0 Å². The summed E-state index contributed by atoms with van der Waals surface area (Å²) in [7, 11) is -4.23. The Balaban J connectivity index is 1.17. The van der Waals surface area contributed by atoms with Crippen LogP contribution in [0.25, 0.3) is 16.7 Å². The van der Waals surface area contributed by atoms with E-state index in [4.69, 9.17) is 18.4 Å². The first-order valence-electron chi connectivity index (χ1n) is 14.1. The summed E-state index contributed by atoms with van der Waals surface area (Å²) in [6, 6.07) is 11.1. The molecule has 0 radical (unpaired) electrons. The maximum absolute atomic E-state index is 12.4. The predicted octanol–water partition coefficient (Wildman–Crippen LogP) is 2.35. The fourth-order valence-electron chi connectivity index (χ4n) is 6.18. The number of nitrogens with one attached hydrogen (secondary N) is 1. The van der Waals surface area contributed by atoms with Crippen molar-refractivity contribution in [3.05, 3.63) is 70.9 Å². The Bertz CT molecular complexity index is 1860. The number of fused-ring (bicyclic) bond motifs is 9. The van der Waals surface area contributed by atoms with Crippen molar-refractivity contribution in [1.29, 1.82) is 0 Å². The van der Waals surface area contributed by atoms with Crippen molar-refractivity contribution in [2.45, 2.75) is 56.6 Å². The SMILES string of the molecule is CC(CNC(=O)Cc1ccc2c(c1)oc1[n+]2CCC2OC3CCN4C(=C3C=C12)Oc1cc(CC(=O)O)ccc14)S(=O)(=O)O. The number of ether oxygens (including phenoxy) is 2. The Labute approximate surface area is 246 Å². The lowest BCUT2D eigenvalue weighted by Crippen LogP contribution is -2.47. The molecule has 1 aromatic heterocycles. The molecule has 3 atom stereocenters. The van der Waals surface area contributed by atoms with Gasteiger partial charge in [-0.05, 0) is 48.7 Å². The smallest absolute Gasteiger partial charge is 0.380 e. The van der Waals surface area contributed by atoms with E-state index >= 15 is 0 Å². The molecule has 0 spiro atoms. The van der Waals surface area contributed by atoms with E-state index in [1.807, 2.05) is 30.3 Å². The van der Waals surface area contributed by atoms with Gasteiger partial charge in [0.25, 0.3) is 15.6 Å². The number of hydrogen-bond acceptors (Lipinski definition) is 8. The number of amides is 1. The van der Waals surface area contributed by atoms with Crippen LogP contribution in [0.5, 0.6) is 5.75 Å². The van der Waals surface area contributed by atoms with E-state index in [0.717, 1.165) is 41.7 Å². The second-order valence-corrected chi connectivity index (χ2v) is 13.2. The summed E-state index contributed by atoms with van der Waals surface area (Å²) >= 11 is 0. The van der Waals surface area contributed by atoms with E-state index in [2.05, 4.69) is 20.9 Å². The molecular weight excluding hydrogens is 578 g/mol. The van der Waals surface area contributed by atoms with Crippen LogP contribution in [0.1, 0.15) is 36.8 Å². The molecule has 43 heavy (non-hydrogen) atoms. The van der Waals surface area contributed by atoms with Crippen molar-refractivity contribution in [3.63, 3.8) is 0 Å². The van der Waals surface area contributed by atoms with Crippen LogP contribution in [-0.4, -0.2) is 60.5 Å². The standard InChI is InChI=1S/C30H29N3O9S/c1-16(43(37,38)39)15-31-27(34)12-17-2-4-21-25(10-17)41-29-19-14-20-24(40-23(19)6-8-32(21)29)7-9-33-22-5-3-18(13-28(35)36)11-26(22)42-30(20)33/h2-5,10-11,14,16,23-24H,6-9,12-13,15H2,1H3,(H2-,31,34,35,36,37,38,39)/p+1. The fraction of sp³-hybridized carbons (Fsp3) is 0.367. The second kappa shape index (κ2) is 10.2. The number of aromatic nitrogens is 1. The van der Waals surface area contributed by atoms with Crippen LogP contribution in [0.3, 0.4) is 0 Å². The summed E-state index contributed by atoms with van der Waals surface area (Å²) in [6.45, 7) is 2.56. The lowest BCUT2D eigenvalue weighted by atomic mass is 9.91.